The summed E-state index contributed by atoms with van der Waals surface area (Å²) in [4.78, 5) is 6.93. The molecule has 0 aliphatic rings. The lowest BCUT2D eigenvalue weighted by atomic mass is 10.3. The summed E-state index contributed by atoms with van der Waals surface area (Å²) in [5.74, 6) is 0.688. The van der Waals surface area contributed by atoms with Gasteiger partial charge in [0.1, 0.15) is 6.07 Å². The standard InChI is InChI=1S/C11H11N5O/c1-7(9-4-3-5-13-9)15-16-11-10(6-12)14-8(2)17-11/h3-5,13,16H,1-2H3/b15-7+. The van der Waals surface area contributed by atoms with Gasteiger partial charge >= 0.3 is 0 Å². The van der Waals surface area contributed by atoms with Crippen LogP contribution in [0.4, 0.5) is 5.88 Å². The van der Waals surface area contributed by atoms with Gasteiger partial charge in [0, 0.05) is 13.1 Å². The van der Waals surface area contributed by atoms with E-state index in [4.69, 9.17) is 9.68 Å². The van der Waals surface area contributed by atoms with E-state index in [9.17, 15) is 0 Å². The van der Waals surface area contributed by atoms with Crippen LogP contribution in [0.3, 0.4) is 0 Å². The molecule has 6 heteroatoms. The molecule has 2 aromatic heterocycles. The molecule has 0 aromatic carbocycles. The van der Waals surface area contributed by atoms with Crippen LogP contribution in [0.25, 0.3) is 0 Å². The number of hydrogen-bond donors (Lipinski definition) is 2. The molecule has 6 nitrogen and oxygen atoms in total. The van der Waals surface area contributed by atoms with E-state index in [-0.39, 0.29) is 11.6 Å². The number of nitrogens with one attached hydrogen (secondary N) is 2. The molecular weight excluding hydrogens is 218 g/mol. The molecule has 17 heavy (non-hydrogen) atoms. The first-order valence-corrected chi connectivity index (χ1v) is 5.02. The van der Waals surface area contributed by atoms with Crippen LogP contribution in [0.15, 0.2) is 27.8 Å². The fraction of sp³-hybridized carbons (Fsp3) is 0.182. The zero-order valence-corrected chi connectivity index (χ0v) is 9.48. The van der Waals surface area contributed by atoms with E-state index >= 15 is 0 Å². The number of rotatable bonds is 3. The SMILES string of the molecule is C/C(=N\Nc1oc(C)nc1C#N)c1ccc[nH]1. The van der Waals surface area contributed by atoms with E-state index in [2.05, 4.69) is 20.5 Å². The van der Waals surface area contributed by atoms with E-state index < -0.39 is 0 Å². The van der Waals surface area contributed by atoms with Crippen LogP contribution in [-0.2, 0) is 0 Å². The van der Waals surface area contributed by atoms with Gasteiger partial charge in [0.2, 0.25) is 5.69 Å². The Balaban J connectivity index is 2.17. The van der Waals surface area contributed by atoms with E-state index in [0.717, 1.165) is 11.4 Å². The Kier molecular flexibility index (Phi) is 2.92. The first-order chi connectivity index (χ1) is 8.20. The molecule has 0 saturated carbocycles. The Bertz CT molecular complexity index is 574. The maximum atomic E-state index is 8.81. The molecular formula is C11H11N5O. The average Bonchev–Trinajstić information content (AvgIpc) is 2.94. The molecule has 0 radical (unpaired) electrons. The molecule has 0 aliphatic carbocycles. The van der Waals surface area contributed by atoms with Gasteiger partial charge in [-0.15, -0.1) is 0 Å². The highest BCUT2D eigenvalue weighted by atomic mass is 16.4. The summed E-state index contributed by atoms with van der Waals surface area (Å²) in [6.45, 7) is 3.52. The lowest BCUT2D eigenvalue weighted by Crippen LogP contribution is -2.00. The average molecular weight is 229 g/mol. The van der Waals surface area contributed by atoms with Crippen molar-refractivity contribution < 1.29 is 4.42 Å². The Morgan fingerprint density at radius 3 is 3.12 bits per heavy atom. The van der Waals surface area contributed by atoms with Crippen molar-refractivity contribution in [3.63, 3.8) is 0 Å². The zero-order chi connectivity index (χ0) is 12.3. The monoisotopic (exact) mass is 229 g/mol. The van der Waals surface area contributed by atoms with Crippen LogP contribution in [0, 0.1) is 18.3 Å². The largest absolute Gasteiger partial charge is 0.422 e. The third-order valence-corrected chi connectivity index (χ3v) is 2.15. The van der Waals surface area contributed by atoms with Gasteiger partial charge in [-0.3, -0.25) is 0 Å². The third-order valence-electron chi connectivity index (χ3n) is 2.15. The number of nitriles is 1. The fourth-order valence-electron chi connectivity index (χ4n) is 1.33. The van der Waals surface area contributed by atoms with E-state index in [1.165, 1.54) is 0 Å². The summed E-state index contributed by atoms with van der Waals surface area (Å²) in [5.41, 5.74) is 4.54. The summed E-state index contributed by atoms with van der Waals surface area (Å²) in [7, 11) is 0. The molecule has 0 spiro atoms. The van der Waals surface area contributed by atoms with Gasteiger partial charge in [-0.25, -0.2) is 10.4 Å². The lowest BCUT2D eigenvalue weighted by molar-refractivity contribution is 0.533. The topological polar surface area (TPSA) is 90.0 Å². The number of hydrazone groups is 1. The summed E-state index contributed by atoms with van der Waals surface area (Å²) < 4.78 is 5.21. The van der Waals surface area contributed by atoms with Crippen LogP contribution in [0.2, 0.25) is 0 Å². The fourth-order valence-corrected chi connectivity index (χ4v) is 1.33. The minimum absolute atomic E-state index is 0.200. The van der Waals surface area contributed by atoms with Gasteiger partial charge in [0.05, 0.1) is 11.4 Å². The summed E-state index contributed by atoms with van der Waals surface area (Å²) >= 11 is 0. The van der Waals surface area contributed by atoms with E-state index in [1.54, 1.807) is 6.92 Å². The predicted octanol–water partition coefficient (Wildman–Crippen LogP) is 2.02. The first kappa shape index (κ1) is 11.0. The summed E-state index contributed by atoms with van der Waals surface area (Å²) in [6.07, 6.45) is 1.81. The third kappa shape index (κ3) is 2.34. The Hall–Kier alpha value is -2.55. The molecule has 0 fully saturated rings. The van der Waals surface area contributed by atoms with Crippen molar-refractivity contribution in [1.82, 2.24) is 9.97 Å². The number of aryl methyl sites for hydroxylation is 1. The summed E-state index contributed by atoms with van der Waals surface area (Å²) in [5, 5.41) is 12.9. The normalized spacial score (nSPS) is 11.2. The second-order valence-corrected chi connectivity index (χ2v) is 3.42. The minimum Gasteiger partial charge on any atom is -0.422 e. The Morgan fingerprint density at radius 2 is 2.47 bits per heavy atom. The quantitative estimate of drug-likeness (QED) is 0.622. The van der Waals surface area contributed by atoms with Crippen molar-refractivity contribution in [3.8, 4) is 6.07 Å². The molecule has 2 N–H and O–H groups in total. The van der Waals surface area contributed by atoms with Crippen LogP contribution in [-0.4, -0.2) is 15.7 Å². The molecule has 0 atom stereocenters. The van der Waals surface area contributed by atoms with Gasteiger partial charge in [0.25, 0.3) is 5.88 Å². The van der Waals surface area contributed by atoms with Crippen molar-refractivity contribution in [2.75, 3.05) is 5.43 Å². The van der Waals surface area contributed by atoms with Crippen LogP contribution in [0.5, 0.6) is 0 Å². The number of hydrogen-bond acceptors (Lipinski definition) is 5. The number of nitrogens with zero attached hydrogens (tertiary/aromatic N) is 3. The van der Waals surface area contributed by atoms with Crippen LogP contribution < -0.4 is 5.43 Å². The molecule has 2 aromatic rings. The lowest BCUT2D eigenvalue weighted by Gasteiger charge is -1.98. The van der Waals surface area contributed by atoms with Crippen molar-refractivity contribution in [3.05, 3.63) is 35.6 Å². The van der Waals surface area contributed by atoms with E-state index in [1.807, 2.05) is 31.3 Å². The minimum atomic E-state index is 0.200. The number of aromatic nitrogens is 2. The van der Waals surface area contributed by atoms with Gasteiger partial charge in [-0.2, -0.15) is 10.4 Å². The molecule has 0 amide bonds. The smallest absolute Gasteiger partial charge is 0.252 e. The first-order valence-electron chi connectivity index (χ1n) is 5.02. The highest BCUT2D eigenvalue weighted by molar-refractivity contribution is 5.97. The Labute approximate surface area is 98.0 Å². The molecule has 0 saturated heterocycles. The van der Waals surface area contributed by atoms with Crippen molar-refractivity contribution in [2.24, 2.45) is 5.10 Å². The van der Waals surface area contributed by atoms with Gasteiger partial charge in [-0.05, 0) is 19.1 Å². The van der Waals surface area contributed by atoms with Gasteiger partial charge < -0.3 is 9.40 Å². The number of oxazole rings is 1. The van der Waals surface area contributed by atoms with Crippen LogP contribution in [0.1, 0.15) is 24.2 Å². The highest BCUT2D eigenvalue weighted by Gasteiger charge is 2.09. The van der Waals surface area contributed by atoms with Crippen LogP contribution >= 0.6 is 0 Å². The molecule has 2 rings (SSSR count). The van der Waals surface area contributed by atoms with E-state index in [0.29, 0.717) is 5.89 Å². The predicted molar refractivity (Wildman–Crippen MR) is 62.6 cm³/mol. The molecule has 0 bridgehead atoms. The second-order valence-electron chi connectivity index (χ2n) is 3.42. The molecule has 0 unspecified atom stereocenters. The summed E-state index contributed by atoms with van der Waals surface area (Å²) in [6, 6.07) is 5.71. The molecule has 2 heterocycles. The van der Waals surface area contributed by atoms with Gasteiger partial charge in [-0.1, -0.05) is 0 Å². The number of aromatic amines is 1. The van der Waals surface area contributed by atoms with Crippen molar-refractivity contribution >= 4 is 11.6 Å². The van der Waals surface area contributed by atoms with Crippen molar-refractivity contribution in [2.45, 2.75) is 13.8 Å². The number of anilines is 1. The number of H-pyrrole nitrogens is 1. The van der Waals surface area contributed by atoms with Crippen molar-refractivity contribution in [1.29, 1.82) is 5.26 Å². The molecule has 86 valence electrons. The zero-order valence-electron chi connectivity index (χ0n) is 9.48. The molecule has 0 aliphatic heterocycles. The van der Waals surface area contributed by atoms with Gasteiger partial charge in [0.15, 0.2) is 5.89 Å². The Morgan fingerprint density at radius 1 is 1.65 bits per heavy atom. The maximum Gasteiger partial charge on any atom is 0.252 e. The highest BCUT2D eigenvalue weighted by Crippen LogP contribution is 2.15. The maximum absolute atomic E-state index is 8.81. The second kappa shape index (κ2) is 4.53.